The van der Waals surface area contributed by atoms with E-state index < -0.39 is 16.1 Å². The van der Waals surface area contributed by atoms with Crippen LogP contribution in [-0.2, 0) is 20.6 Å². The highest BCUT2D eigenvalue weighted by Crippen LogP contribution is 2.27. The van der Waals surface area contributed by atoms with Crippen molar-refractivity contribution in [3.63, 3.8) is 0 Å². The van der Waals surface area contributed by atoms with Gasteiger partial charge in [0.25, 0.3) is 0 Å². The Labute approximate surface area is 151 Å². The van der Waals surface area contributed by atoms with Gasteiger partial charge in [0.2, 0.25) is 15.9 Å². The van der Waals surface area contributed by atoms with Crippen LogP contribution in [-0.4, -0.2) is 49.2 Å². The van der Waals surface area contributed by atoms with Gasteiger partial charge in [0.05, 0.1) is 5.75 Å². The highest BCUT2D eigenvalue weighted by Gasteiger charge is 2.40. The summed E-state index contributed by atoms with van der Waals surface area (Å²) in [5, 5.41) is 0. The number of benzene rings is 1. The van der Waals surface area contributed by atoms with Crippen LogP contribution < -0.4 is 0 Å². The van der Waals surface area contributed by atoms with Gasteiger partial charge in [0.15, 0.2) is 0 Å². The van der Waals surface area contributed by atoms with Gasteiger partial charge in [-0.1, -0.05) is 31.2 Å². The molecule has 0 saturated carbocycles. The molecule has 2 heterocycles. The number of hydrogen-bond donors (Lipinski definition) is 0. The minimum absolute atomic E-state index is 0.00208. The van der Waals surface area contributed by atoms with Crippen molar-refractivity contribution in [1.82, 2.24) is 9.21 Å². The summed E-state index contributed by atoms with van der Waals surface area (Å²) in [6.45, 7) is 6.09. The molecule has 138 valence electrons. The zero-order valence-corrected chi connectivity index (χ0v) is 16.0. The molecule has 1 amide bonds. The first kappa shape index (κ1) is 18.4. The van der Waals surface area contributed by atoms with E-state index >= 15 is 0 Å². The normalized spacial score (nSPS) is 23.1. The highest BCUT2D eigenvalue weighted by atomic mass is 32.2. The van der Waals surface area contributed by atoms with Crippen LogP contribution >= 0.6 is 0 Å². The predicted octanol–water partition coefficient (Wildman–Crippen LogP) is 2.55. The SMILES string of the molecule is Cc1ccccc1CS(=O)(=O)N1CCC[C@@H]1C(=O)N1CCC(C)CC1. The lowest BCUT2D eigenvalue weighted by atomic mass is 9.98. The summed E-state index contributed by atoms with van der Waals surface area (Å²) < 4.78 is 27.4. The summed E-state index contributed by atoms with van der Waals surface area (Å²) in [5.41, 5.74) is 1.78. The molecule has 0 N–H and O–H groups in total. The van der Waals surface area contributed by atoms with E-state index in [0.717, 1.165) is 43.5 Å². The van der Waals surface area contributed by atoms with Gasteiger partial charge in [0.1, 0.15) is 6.04 Å². The van der Waals surface area contributed by atoms with E-state index in [4.69, 9.17) is 0 Å². The number of sulfonamides is 1. The lowest BCUT2D eigenvalue weighted by molar-refractivity contribution is -0.135. The predicted molar refractivity (Wildman–Crippen MR) is 98.5 cm³/mol. The van der Waals surface area contributed by atoms with Crippen molar-refractivity contribution in [3.05, 3.63) is 35.4 Å². The molecule has 2 saturated heterocycles. The molecular formula is C19H28N2O3S. The fraction of sp³-hybridized carbons (Fsp3) is 0.632. The second kappa shape index (κ2) is 7.46. The van der Waals surface area contributed by atoms with E-state index in [1.807, 2.05) is 36.1 Å². The Morgan fingerprint density at radius 1 is 1.12 bits per heavy atom. The van der Waals surface area contributed by atoms with E-state index in [1.54, 1.807) is 0 Å². The molecule has 25 heavy (non-hydrogen) atoms. The summed E-state index contributed by atoms with van der Waals surface area (Å²) in [5.74, 6) is 0.617. The van der Waals surface area contributed by atoms with Gasteiger partial charge >= 0.3 is 0 Å². The summed E-state index contributed by atoms with van der Waals surface area (Å²) in [6.07, 6.45) is 3.41. The van der Waals surface area contributed by atoms with Gasteiger partial charge in [-0.3, -0.25) is 4.79 Å². The van der Waals surface area contributed by atoms with E-state index in [1.165, 1.54) is 4.31 Å². The Balaban J connectivity index is 1.74. The lowest BCUT2D eigenvalue weighted by Gasteiger charge is -2.34. The smallest absolute Gasteiger partial charge is 0.241 e. The van der Waals surface area contributed by atoms with E-state index in [9.17, 15) is 13.2 Å². The molecule has 2 aliphatic rings. The number of nitrogens with zero attached hydrogens (tertiary/aromatic N) is 2. The van der Waals surface area contributed by atoms with Crippen LogP contribution in [0.4, 0.5) is 0 Å². The topological polar surface area (TPSA) is 57.7 Å². The number of rotatable bonds is 4. The average Bonchev–Trinajstić information content (AvgIpc) is 3.07. The van der Waals surface area contributed by atoms with Crippen molar-refractivity contribution in [3.8, 4) is 0 Å². The summed E-state index contributed by atoms with van der Waals surface area (Å²) >= 11 is 0. The molecule has 0 radical (unpaired) electrons. The van der Waals surface area contributed by atoms with Crippen molar-refractivity contribution in [2.24, 2.45) is 5.92 Å². The Hall–Kier alpha value is -1.40. The summed E-state index contributed by atoms with van der Waals surface area (Å²) in [7, 11) is -3.49. The second-order valence-electron chi connectivity index (χ2n) is 7.46. The molecule has 1 atom stereocenters. The van der Waals surface area contributed by atoms with Crippen LogP contribution in [0.1, 0.15) is 43.7 Å². The number of amides is 1. The zero-order valence-electron chi connectivity index (χ0n) is 15.1. The zero-order chi connectivity index (χ0) is 18.0. The molecule has 2 fully saturated rings. The van der Waals surface area contributed by atoms with Crippen molar-refractivity contribution in [1.29, 1.82) is 0 Å². The Morgan fingerprint density at radius 2 is 1.80 bits per heavy atom. The first-order valence-corrected chi connectivity index (χ1v) is 10.8. The maximum atomic E-state index is 13.0. The molecule has 1 aromatic rings. The van der Waals surface area contributed by atoms with Crippen molar-refractivity contribution < 1.29 is 13.2 Å². The molecule has 5 nitrogen and oxygen atoms in total. The van der Waals surface area contributed by atoms with E-state index in [0.29, 0.717) is 18.9 Å². The second-order valence-corrected chi connectivity index (χ2v) is 9.38. The van der Waals surface area contributed by atoms with Gasteiger partial charge in [-0.25, -0.2) is 8.42 Å². The van der Waals surface area contributed by atoms with Crippen LogP contribution in [0.25, 0.3) is 0 Å². The maximum Gasteiger partial charge on any atom is 0.241 e. The lowest BCUT2D eigenvalue weighted by Crippen LogP contribution is -2.50. The monoisotopic (exact) mass is 364 g/mol. The average molecular weight is 365 g/mol. The van der Waals surface area contributed by atoms with Crippen molar-refractivity contribution in [2.75, 3.05) is 19.6 Å². The Bertz CT molecular complexity index is 724. The Morgan fingerprint density at radius 3 is 2.48 bits per heavy atom. The third-order valence-electron chi connectivity index (χ3n) is 5.54. The molecule has 2 aliphatic heterocycles. The molecule has 1 aromatic carbocycles. The summed E-state index contributed by atoms with van der Waals surface area (Å²) in [4.78, 5) is 14.8. The largest absolute Gasteiger partial charge is 0.341 e. The number of carbonyl (C=O) groups excluding carboxylic acids is 1. The van der Waals surface area contributed by atoms with Gasteiger partial charge in [-0.2, -0.15) is 4.31 Å². The first-order valence-electron chi connectivity index (χ1n) is 9.21. The first-order chi connectivity index (χ1) is 11.9. The fourth-order valence-corrected chi connectivity index (χ4v) is 5.68. The standard InChI is InChI=1S/C19H28N2O3S/c1-15-9-12-20(13-10-15)19(22)18-8-5-11-21(18)25(23,24)14-17-7-4-3-6-16(17)2/h3-4,6-7,15,18H,5,8-14H2,1-2H3/t18-/m1/s1. The highest BCUT2D eigenvalue weighted by molar-refractivity contribution is 7.88. The van der Waals surface area contributed by atoms with Crippen molar-refractivity contribution in [2.45, 2.75) is 51.3 Å². The van der Waals surface area contributed by atoms with Gasteiger partial charge in [-0.15, -0.1) is 0 Å². The van der Waals surface area contributed by atoms with E-state index in [2.05, 4.69) is 6.92 Å². The van der Waals surface area contributed by atoms with Crippen LogP contribution in [0.2, 0.25) is 0 Å². The molecule has 3 rings (SSSR count). The fourth-order valence-electron chi connectivity index (χ4n) is 3.81. The van der Waals surface area contributed by atoms with Crippen LogP contribution in [0.15, 0.2) is 24.3 Å². The summed E-state index contributed by atoms with van der Waals surface area (Å²) in [6, 6.07) is 7.03. The third kappa shape index (κ3) is 4.06. The molecule has 0 unspecified atom stereocenters. The molecule has 0 aromatic heterocycles. The molecule has 0 bridgehead atoms. The number of aryl methyl sites for hydroxylation is 1. The minimum atomic E-state index is -3.49. The minimum Gasteiger partial charge on any atom is -0.341 e. The number of carbonyl (C=O) groups is 1. The van der Waals surface area contributed by atoms with Gasteiger partial charge in [0, 0.05) is 19.6 Å². The van der Waals surface area contributed by atoms with Gasteiger partial charge in [-0.05, 0) is 49.7 Å². The quantitative estimate of drug-likeness (QED) is 0.825. The van der Waals surface area contributed by atoms with E-state index in [-0.39, 0.29) is 11.7 Å². The van der Waals surface area contributed by atoms with Crippen molar-refractivity contribution >= 4 is 15.9 Å². The molecule has 0 aliphatic carbocycles. The van der Waals surface area contributed by atoms with Crippen LogP contribution in [0.5, 0.6) is 0 Å². The number of piperidine rings is 1. The molecular weight excluding hydrogens is 336 g/mol. The molecule has 6 heteroatoms. The van der Waals surface area contributed by atoms with Gasteiger partial charge < -0.3 is 4.90 Å². The molecule has 0 spiro atoms. The Kier molecular flexibility index (Phi) is 5.49. The number of likely N-dealkylation sites (tertiary alicyclic amines) is 1. The maximum absolute atomic E-state index is 13.0. The van der Waals surface area contributed by atoms with Crippen LogP contribution in [0.3, 0.4) is 0 Å². The number of hydrogen-bond acceptors (Lipinski definition) is 3. The third-order valence-corrected chi connectivity index (χ3v) is 7.37. The van der Waals surface area contributed by atoms with Crippen LogP contribution in [0, 0.1) is 12.8 Å².